The maximum Gasteiger partial charge on any atom is 0.306 e. The summed E-state index contributed by atoms with van der Waals surface area (Å²) in [5, 5.41) is 0. The Bertz CT molecular complexity index is 1490. The van der Waals surface area contributed by atoms with Crippen LogP contribution in [0.4, 0.5) is 0 Å². The molecule has 6 nitrogen and oxygen atoms in total. The normalized spacial score (nSPS) is 12.9. The van der Waals surface area contributed by atoms with Crippen LogP contribution in [-0.2, 0) is 28.6 Å². The summed E-state index contributed by atoms with van der Waals surface area (Å²) in [5.74, 6) is -0.919. The molecule has 0 spiro atoms. The molecule has 0 fully saturated rings. The predicted octanol–water partition coefficient (Wildman–Crippen LogP) is 20.7. The molecule has 0 aliphatic heterocycles. The first kappa shape index (κ1) is 69.1. The number of hydrogen-bond acceptors (Lipinski definition) is 6. The van der Waals surface area contributed by atoms with Crippen LogP contribution in [0.2, 0.25) is 0 Å². The minimum Gasteiger partial charge on any atom is -0.462 e. The van der Waals surface area contributed by atoms with Gasteiger partial charge in [-0.3, -0.25) is 14.4 Å². The summed E-state index contributed by atoms with van der Waals surface area (Å²) >= 11 is 0. The summed E-state index contributed by atoms with van der Waals surface area (Å²) in [6.45, 7) is 6.33. The van der Waals surface area contributed by atoms with E-state index in [0.29, 0.717) is 19.3 Å². The van der Waals surface area contributed by atoms with Crippen molar-refractivity contribution in [3.63, 3.8) is 0 Å². The third kappa shape index (κ3) is 58.8. The Balaban J connectivity index is 4.28. The van der Waals surface area contributed by atoms with Crippen LogP contribution in [0.3, 0.4) is 0 Å². The van der Waals surface area contributed by atoms with Gasteiger partial charge in [0, 0.05) is 19.3 Å². The van der Waals surface area contributed by atoms with Crippen LogP contribution >= 0.6 is 0 Å². The number of unbranched alkanes of at least 4 members (excludes halogenated alkanes) is 25. The zero-order chi connectivity index (χ0) is 52.9. The molecule has 0 aromatic carbocycles. The quantitative estimate of drug-likeness (QED) is 0.0261. The molecule has 0 heterocycles. The van der Waals surface area contributed by atoms with Crippen molar-refractivity contribution in [2.45, 2.75) is 284 Å². The third-order valence-corrected chi connectivity index (χ3v) is 12.7. The standard InChI is InChI=1S/C67H112O6/c1-4-7-10-13-16-19-22-25-27-28-29-30-31-32-33-34-35-36-37-38-40-42-45-48-51-54-57-60-66(69)72-63-64(62-71-65(68)59-56-53-50-47-44-41-24-21-18-15-12-9-6-3)73-67(70)61-58-55-52-49-46-43-39-26-23-20-17-14-11-8-5-2/h7-8,10-12,15-17,19-21,24-27,29-30,39,64H,4-6,9,13-14,18,22-23,28,31-38,40-63H2,1-3H3/b10-7-,11-8-,15-12-,19-16-,20-17-,24-21-,27-25-,30-29-,39-26-. The Kier molecular flexibility index (Phi) is 57.4. The van der Waals surface area contributed by atoms with Crippen molar-refractivity contribution in [2.75, 3.05) is 13.2 Å². The Morgan fingerprint density at radius 1 is 0.288 bits per heavy atom. The highest BCUT2D eigenvalue weighted by Crippen LogP contribution is 2.16. The van der Waals surface area contributed by atoms with Crippen molar-refractivity contribution < 1.29 is 28.6 Å². The van der Waals surface area contributed by atoms with Gasteiger partial charge in [-0.1, -0.05) is 252 Å². The summed E-state index contributed by atoms with van der Waals surface area (Å²) < 4.78 is 16.9. The lowest BCUT2D eigenvalue weighted by Gasteiger charge is -2.18. The molecule has 0 aliphatic carbocycles. The van der Waals surface area contributed by atoms with E-state index in [-0.39, 0.29) is 31.1 Å². The lowest BCUT2D eigenvalue weighted by Crippen LogP contribution is -2.30. The molecule has 0 aliphatic rings. The van der Waals surface area contributed by atoms with Gasteiger partial charge in [0.25, 0.3) is 0 Å². The van der Waals surface area contributed by atoms with Gasteiger partial charge in [-0.05, 0) is 116 Å². The largest absolute Gasteiger partial charge is 0.462 e. The van der Waals surface area contributed by atoms with E-state index >= 15 is 0 Å². The van der Waals surface area contributed by atoms with Gasteiger partial charge in [0.1, 0.15) is 13.2 Å². The van der Waals surface area contributed by atoms with Gasteiger partial charge in [-0.15, -0.1) is 0 Å². The van der Waals surface area contributed by atoms with Crippen LogP contribution in [0.25, 0.3) is 0 Å². The summed E-state index contributed by atoms with van der Waals surface area (Å²) in [7, 11) is 0. The Hall–Kier alpha value is -3.93. The van der Waals surface area contributed by atoms with Crippen LogP contribution in [0.5, 0.6) is 0 Å². The van der Waals surface area contributed by atoms with Crippen molar-refractivity contribution in [3.05, 3.63) is 109 Å². The molecular weight excluding hydrogens is 901 g/mol. The number of hydrogen-bond donors (Lipinski definition) is 0. The van der Waals surface area contributed by atoms with Gasteiger partial charge in [0.2, 0.25) is 0 Å². The third-order valence-electron chi connectivity index (χ3n) is 12.7. The second kappa shape index (κ2) is 60.6. The van der Waals surface area contributed by atoms with Crippen LogP contribution < -0.4 is 0 Å². The summed E-state index contributed by atoms with van der Waals surface area (Å²) in [6, 6.07) is 0. The van der Waals surface area contributed by atoms with Gasteiger partial charge in [0.05, 0.1) is 0 Å². The van der Waals surface area contributed by atoms with Crippen LogP contribution in [-0.4, -0.2) is 37.2 Å². The number of allylic oxidation sites excluding steroid dienone is 18. The van der Waals surface area contributed by atoms with Crippen molar-refractivity contribution in [2.24, 2.45) is 0 Å². The fourth-order valence-corrected chi connectivity index (χ4v) is 8.25. The van der Waals surface area contributed by atoms with E-state index in [0.717, 1.165) is 154 Å². The molecule has 0 rings (SSSR count). The second-order valence-electron chi connectivity index (χ2n) is 19.8. The molecule has 0 bridgehead atoms. The molecule has 0 aromatic rings. The first-order chi connectivity index (χ1) is 36.0. The van der Waals surface area contributed by atoms with E-state index in [1.807, 2.05) is 0 Å². The van der Waals surface area contributed by atoms with Crippen LogP contribution in [0.15, 0.2) is 109 Å². The topological polar surface area (TPSA) is 78.9 Å². The molecule has 0 aromatic heterocycles. The van der Waals surface area contributed by atoms with Gasteiger partial charge in [0.15, 0.2) is 6.10 Å². The maximum absolute atomic E-state index is 12.9. The number of ether oxygens (including phenoxy) is 3. The van der Waals surface area contributed by atoms with Gasteiger partial charge in [-0.25, -0.2) is 0 Å². The first-order valence-electron chi connectivity index (χ1n) is 30.4. The van der Waals surface area contributed by atoms with E-state index in [9.17, 15) is 14.4 Å². The van der Waals surface area contributed by atoms with Crippen molar-refractivity contribution in [1.29, 1.82) is 0 Å². The van der Waals surface area contributed by atoms with E-state index in [1.165, 1.54) is 83.5 Å². The maximum atomic E-state index is 12.9. The summed E-state index contributed by atoms with van der Waals surface area (Å²) in [4.78, 5) is 38.2. The van der Waals surface area contributed by atoms with Crippen molar-refractivity contribution >= 4 is 17.9 Å². The number of carbonyl (C=O) groups excluding carboxylic acids is 3. The highest BCUT2D eigenvalue weighted by atomic mass is 16.6. The zero-order valence-electron chi connectivity index (χ0n) is 47.6. The highest BCUT2D eigenvalue weighted by Gasteiger charge is 2.19. The molecule has 0 saturated heterocycles. The Morgan fingerprint density at radius 3 is 0.836 bits per heavy atom. The second-order valence-corrected chi connectivity index (χ2v) is 19.8. The first-order valence-corrected chi connectivity index (χ1v) is 30.4. The van der Waals surface area contributed by atoms with E-state index in [1.54, 1.807) is 0 Å². The molecular formula is C67H112O6. The van der Waals surface area contributed by atoms with Gasteiger partial charge < -0.3 is 14.2 Å². The minimum absolute atomic E-state index is 0.0901. The molecule has 0 saturated carbocycles. The Morgan fingerprint density at radius 2 is 0.534 bits per heavy atom. The zero-order valence-corrected chi connectivity index (χ0v) is 47.6. The molecule has 0 radical (unpaired) electrons. The van der Waals surface area contributed by atoms with E-state index in [4.69, 9.17) is 14.2 Å². The van der Waals surface area contributed by atoms with Crippen LogP contribution in [0.1, 0.15) is 278 Å². The molecule has 416 valence electrons. The lowest BCUT2D eigenvalue weighted by molar-refractivity contribution is -0.167. The number of rotatable bonds is 54. The van der Waals surface area contributed by atoms with Crippen molar-refractivity contribution in [3.8, 4) is 0 Å². The molecule has 1 atom stereocenters. The average molecular weight is 1010 g/mol. The Labute approximate surface area is 450 Å². The number of esters is 3. The predicted molar refractivity (Wildman–Crippen MR) is 316 cm³/mol. The SMILES string of the molecule is CC/C=C\C/C=C\C/C=C\C/C=C\CCCCCCCCCCCCCCCCC(=O)OCC(COC(=O)CCCCCCC/C=C\C/C=C\CCC)OC(=O)CCCCCCC/C=C\C/C=C\C/C=C\CC. The van der Waals surface area contributed by atoms with E-state index in [2.05, 4.69) is 130 Å². The monoisotopic (exact) mass is 1010 g/mol. The molecule has 73 heavy (non-hydrogen) atoms. The fourth-order valence-electron chi connectivity index (χ4n) is 8.25. The molecule has 0 N–H and O–H groups in total. The average Bonchev–Trinajstić information content (AvgIpc) is 3.39. The lowest BCUT2D eigenvalue weighted by atomic mass is 10.0. The van der Waals surface area contributed by atoms with Crippen LogP contribution in [0, 0.1) is 0 Å². The summed E-state index contributed by atoms with van der Waals surface area (Å²) in [6.07, 6.45) is 82.4. The van der Waals surface area contributed by atoms with Crippen molar-refractivity contribution in [1.82, 2.24) is 0 Å². The van der Waals surface area contributed by atoms with E-state index < -0.39 is 6.10 Å². The smallest absolute Gasteiger partial charge is 0.306 e. The fraction of sp³-hybridized carbons (Fsp3) is 0.687. The highest BCUT2D eigenvalue weighted by molar-refractivity contribution is 5.71. The minimum atomic E-state index is -0.794. The summed E-state index contributed by atoms with van der Waals surface area (Å²) in [5.41, 5.74) is 0. The van der Waals surface area contributed by atoms with Gasteiger partial charge >= 0.3 is 17.9 Å². The molecule has 6 heteroatoms. The molecule has 0 amide bonds. The number of carbonyl (C=O) groups is 3. The van der Waals surface area contributed by atoms with Gasteiger partial charge in [-0.2, -0.15) is 0 Å². The molecule has 1 unspecified atom stereocenters.